The van der Waals surface area contributed by atoms with E-state index in [0.717, 1.165) is 19.0 Å². The van der Waals surface area contributed by atoms with Gasteiger partial charge in [-0.1, -0.05) is 0 Å². The Hall–Kier alpha value is -3.03. The van der Waals surface area contributed by atoms with Crippen molar-refractivity contribution in [1.82, 2.24) is 14.3 Å². The van der Waals surface area contributed by atoms with Gasteiger partial charge < -0.3 is 25.1 Å². The number of halogens is 3. The van der Waals surface area contributed by atoms with Gasteiger partial charge in [0.15, 0.2) is 0 Å². The van der Waals surface area contributed by atoms with E-state index in [1.807, 2.05) is 0 Å². The van der Waals surface area contributed by atoms with Crippen LogP contribution in [0.2, 0.25) is 0 Å². The number of aromatic amines is 1. The number of alkyl halides is 3. The lowest BCUT2D eigenvalue weighted by Gasteiger charge is -2.26. The SMILES string of the molecule is COc1cc(S(=O)(=O)N2CCOCC2)ccc1Nc1cc(NC2CC2)c2c(C(F)(F)F)c[nH]c2n1. The number of fused-ring (bicyclic) bond motifs is 1. The summed E-state index contributed by atoms with van der Waals surface area (Å²) >= 11 is 0. The fourth-order valence-electron chi connectivity index (χ4n) is 3.99. The summed E-state index contributed by atoms with van der Waals surface area (Å²) in [6.45, 7) is 1.19. The van der Waals surface area contributed by atoms with Crippen molar-refractivity contribution < 1.29 is 31.1 Å². The number of methoxy groups -OCH3 is 1. The highest BCUT2D eigenvalue weighted by atomic mass is 32.2. The molecule has 3 aromatic rings. The van der Waals surface area contributed by atoms with Gasteiger partial charge in [0.25, 0.3) is 0 Å². The third-order valence-corrected chi connectivity index (χ3v) is 7.82. The van der Waals surface area contributed by atoms with Crippen molar-refractivity contribution in [2.75, 3.05) is 44.0 Å². The van der Waals surface area contributed by atoms with Crippen molar-refractivity contribution in [3.8, 4) is 5.75 Å². The van der Waals surface area contributed by atoms with Gasteiger partial charge in [0.2, 0.25) is 10.0 Å². The van der Waals surface area contributed by atoms with Gasteiger partial charge in [-0.15, -0.1) is 0 Å². The first-order valence-corrected chi connectivity index (χ1v) is 12.5. The summed E-state index contributed by atoms with van der Waals surface area (Å²) in [5.74, 6) is 0.527. The first-order chi connectivity index (χ1) is 16.7. The van der Waals surface area contributed by atoms with E-state index in [1.165, 1.54) is 29.6 Å². The van der Waals surface area contributed by atoms with Gasteiger partial charge in [-0.25, -0.2) is 13.4 Å². The van der Waals surface area contributed by atoms with E-state index in [4.69, 9.17) is 9.47 Å². The average Bonchev–Trinajstić information content (AvgIpc) is 3.53. The summed E-state index contributed by atoms with van der Waals surface area (Å²) in [4.78, 5) is 6.99. The van der Waals surface area contributed by atoms with Crippen molar-refractivity contribution in [3.05, 3.63) is 36.0 Å². The maximum absolute atomic E-state index is 13.5. The maximum Gasteiger partial charge on any atom is 0.418 e. The maximum atomic E-state index is 13.5. The molecule has 2 aromatic heterocycles. The molecule has 1 saturated carbocycles. The number of pyridine rings is 1. The molecule has 2 fully saturated rings. The molecule has 1 saturated heterocycles. The molecular weight excluding hydrogens is 487 g/mol. The Bertz CT molecular complexity index is 1350. The van der Waals surface area contributed by atoms with Crippen LogP contribution in [-0.2, 0) is 20.9 Å². The molecular formula is C22H24F3N5O4S. The quantitative estimate of drug-likeness (QED) is 0.441. The fourth-order valence-corrected chi connectivity index (χ4v) is 5.42. The van der Waals surface area contributed by atoms with E-state index in [0.29, 0.717) is 24.6 Å². The molecule has 35 heavy (non-hydrogen) atoms. The summed E-state index contributed by atoms with van der Waals surface area (Å²) in [5.41, 5.74) is 0.0280. The van der Waals surface area contributed by atoms with Crippen LogP contribution in [-0.4, -0.2) is 62.1 Å². The minimum atomic E-state index is -4.53. The smallest absolute Gasteiger partial charge is 0.418 e. The van der Waals surface area contributed by atoms with Crippen LogP contribution in [0, 0.1) is 0 Å². The van der Waals surface area contributed by atoms with Gasteiger partial charge in [-0.05, 0) is 25.0 Å². The molecule has 3 N–H and O–H groups in total. The third-order valence-electron chi connectivity index (χ3n) is 5.93. The summed E-state index contributed by atoms with van der Waals surface area (Å²) in [7, 11) is -2.32. The Balaban J connectivity index is 1.48. The molecule has 0 amide bonds. The number of benzene rings is 1. The van der Waals surface area contributed by atoms with Crippen LogP contribution in [0.3, 0.4) is 0 Å². The van der Waals surface area contributed by atoms with E-state index >= 15 is 0 Å². The van der Waals surface area contributed by atoms with Crippen LogP contribution < -0.4 is 15.4 Å². The van der Waals surface area contributed by atoms with Gasteiger partial charge in [-0.2, -0.15) is 17.5 Å². The van der Waals surface area contributed by atoms with Gasteiger partial charge in [0.05, 0.1) is 41.9 Å². The highest BCUT2D eigenvalue weighted by Crippen LogP contribution is 2.41. The number of rotatable bonds is 7. The molecule has 0 atom stereocenters. The fraction of sp³-hybridized carbons (Fsp3) is 0.409. The lowest BCUT2D eigenvalue weighted by atomic mass is 10.1. The number of morpholine rings is 1. The molecule has 0 unspecified atom stereocenters. The Morgan fingerprint density at radius 2 is 1.91 bits per heavy atom. The number of anilines is 3. The zero-order valence-electron chi connectivity index (χ0n) is 18.8. The van der Waals surface area contributed by atoms with Crippen molar-refractivity contribution in [2.45, 2.75) is 30.0 Å². The molecule has 1 aromatic carbocycles. The number of ether oxygens (including phenoxy) is 2. The Kier molecular flexibility index (Phi) is 6.01. The largest absolute Gasteiger partial charge is 0.495 e. The van der Waals surface area contributed by atoms with Gasteiger partial charge in [0.1, 0.15) is 17.2 Å². The van der Waals surface area contributed by atoms with Crippen molar-refractivity contribution in [2.24, 2.45) is 0 Å². The normalized spacial score (nSPS) is 17.5. The number of aromatic nitrogens is 2. The number of sulfonamides is 1. The van der Waals surface area contributed by atoms with Crippen LogP contribution in [0.1, 0.15) is 18.4 Å². The predicted molar refractivity (Wildman–Crippen MR) is 124 cm³/mol. The zero-order chi connectivity index (χ0) is 24.8. The van der Waals surface area contributed by atoms with Crippen molar-refractivity contribution in [3.63, 3.8) is 0 Å². The van der Waals surface area contributed by atoms with Crippen LogP contribution in [0.15, 0.2) is 35.4 Å². The molecule has 0 spiro atoms. The number of hydrogen-bond acceptors (Lipinski definition) is 7. The lowest BCUT2D eigenvalue weighted by Crippen LogP contribution is -2.40. The van der Waals surface area contributed by atoms with Crippen molar-refractivity contribution >= 4 is 38.2 Å². The Morgan fingerprint density at radius 3 is 2.57 bits per heavy atom. The van der Waals surface area contributed by atoms with Crippen LogP contribution in [0.5, 0.6) is 5.75 Å². The molecule has 5 rings (SSSR count). The molecule has 9 nitrogen and oxygen atoms in total. The number of hydrogen-bond donors (Lipinski definition) is 3. The minimum absolute atomic E-state index is 0.0196. The van der Waals surface area contributed by atoms with E-state index < -0.39 is 21.8 Å². The average molecular weight is 512 g/mol. The van der Waals surface area contributed by atoms with Gasteiger partial charge in [-0.3, -0.25) is 0 Å². The topological polar surface area (TPSA) is 109 Å². The summed E-state index contributed by atoms with van der Waals surface area (Å²) in [5, 5.41) is 6.18. The highest BCUT2D eigenvalue weighted by Gasteiger charge is 2.36. The molecule has 0 radical (unpaired) electrons. The Morgan fingerprint density at radius 1 is 1.17 bits per heavy atom. The second-order valence-corrected chi connectivity index (χ2v) is 10.3. The predicted octanol–water partition coefficient (Wildman–Crippen LogP) is 3.93. The molecule has 1 aliphatic heterocycles. The second kappa shape index (κ2) is 8.88. The monoisotopic (exact) mass is 511 g/mol. The number of nitrogens with one attached hydrogen (secondary N) is 3. The second-order valence-electron chi connectivity index (χ2n) is 8.40. The van der Waals surface area contributed by atoms with Crippen LogP contribution in [0.4, 0.5) is 30.4 Å². The zero-order valence-corrected chi connectivity index (χ0v) is 19.6. The van der Waals surface area contributed by atoms with E-state index in [2.05, 4.69) is 20.6 Å². The summed E-state index contributed by atoms with van der Waals surface area (Å²) in [6.07, 6.45) is -1.86. The first-order valence-electron chi connectivity index (χ1n) is 11.1. The Labute approximate surface area is 199 Å². The summed E-state index contributed by atoms with van der Waals surface area (Å²) in [6, 6.07) is 6.03. The first kappa shape index (κ1) is 23.7. The number of nitrogens with zero attached hydrogens (tertiary/aromatic N) is 2. The molecule has 3 heterocycles. The van der Waals surface area contributed by atoms with E-state index in [-0.39, 0.29) is 46.6 Å². The number of H-pyrrole nitrogens is 1. The van der Waals surface area contributed by atoms with Gasteiger partial charge in [0, 0.05) is 43.1 Å². The molecule has 188 valence electrons. The third kappa shape index (κ3) is 4.75. The van der Waals surface area contributed by atoms with Crippen LogP contribution in [0.25, 0.3) is 11.0 Å². The lowest BCUT2D eigenvalue weighted by molar-refractivity contribution is -0.136. The van der Waals surface area contributed by atoms with Gasteiger partial charge >= 0.3 is 6.18 Å². The van der Waals surface area contributed by atoms with Crippen LogP contribution >= 0.6 is 0 Å². The molecule has 1 aliphatic carbocycles. The van der Waals surface area contributed by atoms with E-state index in [9.17, 15) is 21.6 Å². The summed E-state index contributed by atoms with van der Waals surface area (Å²) < 4.78 is 78.6. The highest BCUT2D eigenvalue weighted by molar-refractivity contribution is 7.89. The molecule has 2 aliphatic rings. The standard InChI is InChI=1S/C22H24F3N5O4S/c1-33-18-10-14(35(31,32)30-6-8-34-9-7-30)4-5-16(18)28-19-11-17(27-13-2-3-13)20-15(22(23,24)25)12-26-21(20)29-19/h4-5,10-13H,2-3,6-9H2,1H3,(H3,26,27,28,29). The van der Waals surface area contributed by atoms with Crippen molar-refractivity contribution in [1.29, 1.82) is 0 Å². The molecule has 13 heteroatoms. The minimum Gasteiger partial charge on any atom is -0.495 e. The molecule has 0 bridgehead atoms. The van der Waals surface area contributed by atoms with E-state index in [1.54, 1.807) is 6.07 Å².